The normalized spacial score (nSPS) is 11.5. The van der Waals surface area contributed by atoms with E-state index in [0.717, 1.165) is 11.3 Å². The van der Waals surface area contributed by atoms with Crippen LogP contribution in [0.2, 0.25) is 0 Å². The maximum Gasteiger partial charge on any atom is 0.142 e. The van der Waals surface area contributed by atoms with Crippen LogP contribution >= 0.6 is 0 Å². The lowest BCUT2D eigenvalue weighted by Crippen LogP contribution is -1.92. The molecule has 0 fully saturated rings. The van der Waals surface area contributed by atoms with Crippen molar-refractivity contribution < 1.29 is 4.84 Å². The van der Waals surface area contributed by atoms with Crippen LogP contribution in [-0.4, -0.2) is 12.3 Å². The molecule has 0 aliphatic carbocycles. The van der Waals surface area contributed by atoms with Gasteiger partial charge in [0.1, 0.15) is 6.61 Å². The fraction of sp³-hybridized carbons (Fsp3) is 0.364. The summed E-state index contributed by atoms with van der Waals surface area (Å²) in [6.07, 6.45) is 7.62. The Morgan fingerprint density at radius 1 is 1.46 bits per heavy atom. The fourth-order valence-corrected chi connectivity index (χ4v) is 0.631. The molecule has 0 aromatic rings. The molecule has 0 bridgehead atoms. The Morgan fingerprint density at radius 3 is 2.62 bits per heavy atom. The largest absolute Gasteiger partial charge is 0.391 e. The van der Waals surface area contributed by atoms with Crippen molar-refractivity contribution in [1.29, 1.82) is 0 Å². The molecular formula is C11H17NO. The molecule has 72 valence electrons. The quantitative estimate of drug-likeness (QED) is 0.361. The average molecular weight is 179 g/mol. The molecule has 13 heavy (non-hydrogen) atoms. The molecule has 0 radical (unpaired) electrons. The van der Waals surface area contributed by atoms with Gasteiger partial charge in [-0.15, -0.1) is 0 Å². The van der Waals surface area contributed by atoms with Gasteiger partial charge in [-0.3, -0.25) is 0 Å². The van der Waals surface area contributed by atoms with Crippen molar-refractivity contribution >= 4 is 5.71 Å². The van der Waals surface area contributed by atoms with Gasteiger partial charge in [0.25, 0.3) is 0 Å². The van der Waals surface area contributed by atoms with E-state index in [0.29, 0.717) is 6.61 Å². The van der Waals surface area contributed by atoms with Gasteiger partial charge >= 0.3 is 0 Å². The number of oxime groups is 1. The van der Waals surface area contributed by atoms with E-state index in [9.17, 15) is 0 Å². The zero-order valence-electron chi connectivity index (χ0n) is 8.58. The van der Waals surface area contributed by atoms with Crippen LogP contribution in [0.4, 0.5) is 0 Å². The van der Waals surface area contributed by atoms with Gasteiger partial charge in [0.2, 0.25) is 0 Å². The Kier molecular flexibility index (Phi) is 6.60. The van der Waals surface area contributed by atoms with E-state index in [1.165, 1.54) is 0 Å². The number of hydrogen-bond acceptors (Lipinski definition) is 2. The molecule has 0 aromatic heterocycles. The maximum absolute atomic E-state index is 5.06. The molecule has 0 unspecified atom stereocenters. The number of hydrogen-bond donors (Lipinski definition) is 0. The second-order valence-electron chi connectivity index (χ2n) is 2.78. The van der Waals surface area contributed by atoms with Crippen molar-refractivity contribution in [3.05, 3.63) is 36.5 Å². The third kappa shape index (κ3) is 7.06. The van der Waals surface area contributed by atoms with Crippen molar-refractivity contribution in [3.63, 3.8) is 0 Å². The molecule has 0 atom stereocenters. The summed E-state index contributed by atoms with van der Waals surface area (Å²) in [6.45, 7) is 9.90. The van der Waals surface area contributed by atoms with Gasteiger partial charge in [0.05, 0.1) is 5.71 Å². The van der Waals surface area contributed by atoms with Crippen molar-refractivity contribution in [2.75, 3.05) is 6.61 Å². The smallest absolute Gasteiger partial charge is 0.142 e. The maximum atomic E-state index is 5.06. The summed E-state index contributed by atoms with van der Waals surface area (Å²) >= 11 is 0. The molecule has 0 N–H and O–H groups in total. The molecule has 0 aliphatic heterocycles. The van der Waals surface area contributed by atoms with E-state index in [1.54, 1.807) is 6.08 Å². The van der Waals surface area contributed by atoms with Gasteiger partial charge in [-0.1, -0.05) is 36.0 Å². The van der Waals surface area contributed by atoms with Crippen molar-refractivity contribution in [2.24, 2.45) is 5.16 Å². The summed E-state index contributed by atoms with van der Waals surface area (Å²) in [6, 6.07) is 0. The summed E-state index contributed by atoms with van der Waals surface area (Å²) in [5, 5.41) is 3.82. The van der Waals surface area contributed by atoms with Crippen LogP contribution in [0.25, 0.3) is 0 Å². The minimum Gasteiger partial charge on any atom is -0.391 e. The molecule has 0 aliphatic rings. The van der Waals surface area contributed by atoms with Crippen LogP contribution in [0.15, 0.2) is 41.6 Å². The van der Waals surface area contributed by atoms with Gasteiger partial charge in [0.15, 0.2) is 0 Å². The summed E-state index contributed by atoms with van der Waals surface area (Å²) in [7, 11) is 0. The summed E-state index contributed by atoms with van der Waals surface area (Å²) in [5.74, 6) is 0. The first-order valence-electron chi connectivity index (χ1n) is 4.28. The summed E-state index contributed by atoms with van der Waals surface area (Å²) in [4.78, 5) is 5.06. The topological polar surface area (TPSA) is 21.6 Å². The van der Waals surface area contributed by atoms with E-state index in [4.69, 9.17) is 4.84 Å². The summed E-state index contributed by atoms with van der Waals surface area (Å²) in [5.41, 5.74) is 1.93. The predicted octanol–water partition coefficient (Wildman–Crippen LogP) is 3.09. The van der Waals surface area contributed by atoms with E-state index in [-0.39, 0.29) is 0 Å². The molecule has 0 amide bonds. The standard InChI is InChI=1S/C11H17NO/c1-5-7-8-11(6-2)9-13-12-10(3)4/h5-8H,2,9H2,1,3-4H3/b7-5-,11-8+. The highest BCUT2D eigenvalue weighted by molar-refractivity contribution is 5.78. The van der Waals surface area contributed by atoms with Crippen LogP contribution in [-0.2, 0) is 4.84 Å². The van der Waals surface area contributed by atoms with Crippen LogP contribution < -0.4 is 0 Å². The fourth-order valence-electron chi connectivity index (χ4n) is 0.631. The molecule has 2 heteroatoms. The molecular weight excluding hydrogens is 162 g/mol. The van der Waals surface area contributed by atoms with E-state index in [1.807, 2.05) is 39.0 Å². The minimum atomic E-state index is 0.471. The number of allylic oxidation sites excluding steroid dienone is 3. The second-order valence-corrected chi connectivity index (χ2v) is 2.78. The van der Waals surface area contributed by atoms with Crippen molar-refractivity contribution in [3.8, 4) is 0 Å². The highest BCUT2D eigenvalue weighted by Gasteiger charge is 1.89. The van der Waals surface area contributed by atoms with E-state index in [2.05, 4.69) is 11.7 Å². The SMILES string of the molecule is C=C/C(=C\C=C/C)CON=C(C)C. The Labute approximate surface area is 80.3 Å². The lowest BCUT2D eigenvalue weighted by molar-refractivity contribution is 0.169. The van der Waals surface area contributed by atoms with Gasteiger partial charge in [-0.05, 0) is 26.3 Å². The van der Waals surface area contributed by atoms with Crippen molar-refractivity contribution in [2.45, 2.75) is 20.8 Å². The van der Waals surface area contributed by atoms with Crippen LogP contribution in [0.5, 0.6) is 0 Å². The van der Waals surface area contributed by atoms with Gasteiger partial charge in [-0.2, -0.15) is 0 Å². The first-order chi connectivity index (χ1) is 6.20. The Balaban J connectivity index is 4.00. The first-order valence-corrected chi connectivity index (χ1v) is 4.28. The van der Waals surface area contributed by atoms with Gasteiger partial charge < -0.3 is 4.84 Å². The lowest BCUT2D eigenvalue weighted by atomic mass is 10.2. The summed E-state index contributed by atoms with van der Waals surface area (Å²) < 4.78 is 0. The highest BCUT2D eigenvalue weighted by atomic mass is 16.6. The molecule has 0 aromatic carbocycles. The molecule has 0 saturated carbocycles. The zero-order valence-corrected chi connectivity index (χ0v) is 8.58. The van der Waals surface area contributed by atoms with E-state index >= 15 is 0 Å². The van der Waals surface area contributed by atoms with Crippen molar-refractivity contribution in [1.82, 2.24) is 0 Å². The highest BCUT2D eigenvalue weighted by Crippen LogP contribution is 1.98. The Hall–Kier alpha value is -1.31. The third-order valence-electron chi connectivity index (χ3n) is 1.24. The molecule has 0 rings (SSSR count). The third-order valence-corrected chi connectivity index (χ3v) is 1.24. The Bertz CT molecular complexity index is 232. The van der Waals surface area contributed by atoms with E-state index < -0.39 is 0 Å². The zero-order chi connectivity index (χ0) is 10.1. The van der Waals surface area contributed by atoms with Crippen LogP contribution in [0.1, 0.15) is 20.8 Å². The van der Waals surface area contributed by atoms with Crippen LogP contribution in [0.3, 0.4) is 0 Å². The predicted molar refractivity (Wildman–Crippen MR) is 57.8 cm³/mol. The first kappa shape index (κ1) is 11.7. The molecule has 0 heterocycles. The molecule has 0 spiro atoms. The monoisotopic (exact) mass is 179 g/mol. The van der Waals surface area contributed by atoms with Gasteiger partial charge in [-0.25, -0.2) is 0 Å². The lowest BCUT2D eigenvalue weighted by Gasteiger charge is -1.99. The number of rotatable bonds is 5. The molecule has 2 nitrogen and oxygen atoms in total. The number of nitrogens with zero attached hydrogens (tertiary/aromatic N) is 1. The van der Waals surface area contributed by atoms with Gasteiger partial charge in [0, 0.05) is 0 Å². The average Bonchev–Trinajstić information content (AvgIpc) is 2.10. The van der Waals surface area contributed by atoms with Crippen LogP contribution in [0, 0.1) is 0 Å². The minimum absolute atomic E-state index is 0.471. The molecule has 0 saturated heterocycles. The Morgan fingerprint density at radius 2 is 2.15 bits per heavy atom. The second kappa shape index (κ2) is 7.35.